The van der Waals surface area contributed by atoms with E-state index < -0.39 is 0 Å². The summed E-state index contributed by atoms with van der Waals surface area (Å²) in [5, 5.41) is 6.52. The minimum absolute atomic E-state index is 0.176. The second-order valence-corrected chi connectivity index (χ2v) is 5.69. The van der Waals surface area contributed by atoms with E-state index in [4.69, 9.17) is 0 Å². The van der Waals surface area contributed by atoms with Crippen molar-refractivity contribution >= 4 is 5.91 Å². The number of nitrogens with one attached hydrogen (secondary N) is 1. The van der Waals surface area contributed by atoms with Gasteiger partial charge in [-0.3, -0.25) is 4.79 Å². The van der Waals surface area contributed by atoms with E-state index in [-0.39, 0.29) is 5.91 Å². The third-order valence-corrected chi connectivity index (χ3v) is 4.16. The first-order valence-electron chi connectivity index (χ1n) is 7.79. The van der Waals surface area contributed by atoms with Crippen LogP contribution in [0.5, 0.6) is 0 Å². The summed E-state index contributed by atoms with van der Waals surface area (Å²) in [6.45, 7) is 3.66. The molecule has 1 aromatic carbocycles. The molecule has 22 heavy (non-hydrogen) atoms. The van der Waals surface area contributed by atoms with E-state index in [1.54, 1.807) is 6.07 Å². The Kier molecular flexibility index (Phi) is 4.85. The lowest BCUT2D eigenvalue weighted by Gasteiger charge is -2.33. The predicted octanol–water partition coefficient (Wildman–Crippen LogP) is 2.28. The van der Waals surface area contributed by atoms with Gasteiger partial charge in [-0.15, -0.1) is 0 Å². The molecule has 0 aliphatic carbocycles. The number of rotatable bonds is 5. The maximum absolute atomic E-state index is 11.8. The molecule has 5 nitrogen and oxygen atoms in total. The van der Waals surface area contributed by atoms with E-state index >= 15 is 0 Å². The fourth-order valence-electron chi connectivity index (χ4n) is 3.00. The Labute approximate surface area is 130 Å². The monoisotopic (exact) mass is 299 g/mol. The molecule has 0 bridgehead atoms. The molecule has 2 heterocycles. The highest BCUT2D eigenvalue weighted by atomic mass is 16.5. The van der Waals surface area contributed by atoms with Crippen LogP contribution in [0.25, 0.3) is 0 Å². The summed E-state index contributed by atoms with van der Waals surface area (Å²) in [6, 6.07) is 12.3. The topological polar surface area (TPSA) is 58.4 Å². The van der Waals surface area contributed by atoms with Gasteiger partial charge in [0, 0.05) is 25.7 Å². The van der Waals surface area contributed by atoms with E-state index in [2.05, 4.69) is 50.2 Å². The summed E-state index contributed by atoms with van der Waals surface area (Å²) in [4.78, 5) is 14.2. The summed E-state index contributed by atoms with van der Waals surface area (Å²) < 4.78 is 4.67. The van der Waals surface area contributed by atoms with Crippen molar-refractivity contribution in [1.82, 2.24) is 15.4 Å². The summed E-state index contributed by atoms with van der Waals surface area (Å²) in [5.74, 6) is 0.423. The van der Waals surface area contributed by atoms with Gasteiger partial charge in [0.15, 0.2) is 5.69 Å². The molecular weight excluding hydrogens is 278 g/mol. The van der Waals surface area contributed by atoms with E-state index in [0.29, 0.717) is 18.2 Å². The highest BCUT2D eigenvalue weighted by molar-refractivity contribution is 5.91. The van der Waals surface area contributed by atoms with Crippen molar-refractivity contribution < 1.29 is 9.32 Å². The minimum Gasteiger partial charge on any atom is -0.364 e. The van der Waals surface area contributed by atoms with Crippen molar-refractivity contribution in [2.45, 2.75) is 18.8 Å². The zero-order valence-corrected chi connectivity index (χ0v) is 12.6. The number of nitrogens with zero attached hydrogens (tertiary/aromatic N) is 2. The second kappa shape index (κ2) is 7.22. The molecule has 116 valence electrons. The highest BCUT2D eigenvalue weighted by Gasteiger charge is 2.21. The zero-order chi connectivity index (χ0) is 15.2. The normalized spacial score (nSPS) is 19.0. The number of amides is 1. The molecule has 1 unspecified atom stereocenters. The highest BCUT2D eigenvalue weighted by Crippen LogP contribution is 2.26. The van der Waals surface area contributed by atoms with E-state index in [0.717, 1.165) is 19.6 Å². The molecule has 2 aromatic rings. The maximum Gasteiger partial charge on any atom is 0.273 e. The van der Waals surface area contributed by atoms with Crippen LogP contribution in [0, 0.1) is 0 Å². The van der Waals surface area contributed by atoms with Crippen LogP contribution in [0.1, 0.15) is 34.8 Å². The molecular formula is C17H21N3O2. The number of benzene rings is 1. The van der Waals surface area contributed by atoms with Gasteiger partial charge in [0.1, 0.15) is 6.26 Å². The molecule has 1 saturated heterocycles. The molecule has 5 heteroatoms. The summed E-state index contributed by atoms with van der Waals surface area (Å²) in [7, 11) is 0. The van der Waals surface area contributed by atoms with Gasteiger partial charge in [-0.2, -0.15) is 0 Å². The fourth-order valence-corrected chi connectivity index (χ4v) is 3.00. The lowest BCUT2D eigenvalue weighted by atomic mass is 9.91. The van der Waals surface area contributed by atoms with Crippen LogP contribution in [0.4, 0.5) is 0 Å². The molecule has 1 aromatic heterocycles. The third-order valence-electron chi connectivity index (χ3n) is 4.16. The van der Waals surface area contributed by atoms with Gasteiger partial charge >= 0.3 is 0 Å². The van der Waals surface area contributed by atoms with Crippen LogP contribution in [0.2, 0.25) is 0 Å². The molecule has 0 saturated carbocycles. The number of likely N-dealkylation sites (tertiary alicyclic amines) is 1. The molecule has 1 amide bonds. The van der Waals surface area contributed by atoms with Crippen molar-refractivity contribution in [3.05, 3.63) is 53.9 Å². The quantitative estimate of drug-likeness (QED) is 0.920. The summed E-state index contributed by atoms with van der Waals surface area (Å²) in [5.41, 5.74) is 1.75. The predicted molar refractivity (Wildman–Crippen MR) is 83.7 cm³/mol. The van der Waals surface area contributed by atoms with Crippen LogP contribution in [-0.2, 0) is 0 Å². The largest absolute Gasteiger partial charge is 0.364 e. The van der Waals surface area contributed by atoms with Crippen molar-refractivity contribution in [3.63, 3.8) is 0 Å². The van der Waals surface area contributed by atoms with Crippen molar-refractivity contribution in [2.75, 3.05) is 26.2 Å². The lowest BCUT2D eigenvalue weighted by molar-refractivity contribution is 0.0936. The van der Waals surface area contributed by atoms with E-state index in [1.807, 2.05) is 0 Å². The Hall–Kier alpha value is -2.14. The van der Waals surface area contributed by atoms with Crippen LogP contribution >= 0.6 is 0 Å². The molecule has 3 rings (SSSR count). The van der Waals surface area contributed by atoms with Crippen LogP contribution in [-0.4, -0.2) is 42.1 Å². The Bertz CT molecular complexity index is 583. The fraction of sp³-hybridized carbons (Fsp3) is 0.412. The maximum atomic E-state index is 11.8. The van der Waals surface area contributed by atoms with Crippen LogP contribution < -0.4 is 5.32 Å². The zero-order valence-electron chi connectivity index (χ0n) is 12.6. The Morgan fingerprint density at radius 3 is 2.95 bits per heavy atom. The van der Waals surface area contributed by atoms with E-state index in [9.17, 15) is 4.79 Å². The van der Waals surface area contributed by atoms with Crippen molar-refractivity contribution in [3.8, 4) is 0 Å². The Morgan fingerprint density at radius 1 is 1.32 bits per heavy atom. The smallest absolute Gasteiger partial charge is 0.273 e. The number of hydrogen-bond acceptors (Lipinski definition) is 4. The first-order valence-corrected chi connectivity index (χ1v) is 7.79. The molecule has 0 spiro atoms. The van der Waals surface area contributed by atoms with Gasteiger partial charge in [0.2, 0.25) is 0 Å². The Balaban J connectivity index is 1.46. The molecule has 0 radical (unpaired) electrons. The van der Waals surface area contributed by atoms with Crippen molar-refractivity contribution in [2.24, 2.45) is 0 Å². The summed E-state index contributed by atoms with van der Waals surface area (Å²) in [6.07, 6.45) is 3.85. The third kappa shape index (κ3) is 3.74. The average Bonchev–Trinajstić information content (AvgIpc) is 3.10. The summed E-state index contributed by atoms with van der Waals surface area (Å²) >= 11 is 0. The number of hydrogen-bond donors (Lipinski definition) is 1. The van der Waals surface area contributed by atoms with Gasteiger partial charge in [0.25, 0.3) is 5.91 Å². The SMILES string of the molecule is O=C(NCCN1CCCC(c2ccccc2)C1)c1ccon1. The lowest BCUT2D eigenvalue weighted by Crippen LogP contribution is -2.40. The molecule has 1 N–H and O–H groups in total. The Morgan fingerprint density at radius 2 is 2.18 bits per heavy atom. The molecule has 1 aliphatic rings. The molecule has 1 atom stereocenters. The van der Waals surface area contributed by atoms with Crippen LogP contribution in [0.15, 0.2) is 47.2 Å². The molecule has 1 aliphatic heterocycles. The van der Waals surface area contributed by atoms with Crippen molar-refractivity contribution in [1.29, 1.82) is 0 Å². The first kappa shape index (κ1) is 14.8. The first-order chi connectivity index (χ1) is 10.8. The minimum atomic E-state index is -0.176. The van der Waals surface area contributed by atoms with Crippen LogP contribution in [0.3, 0.4) is 0 Å². The van der Waals surface area contributed by atoms with Gasteiger partial charge < -0.3 is 14.7 Å². The molecule has 1 fully saturated rings. The van der Waals surface area contributed by atoms with Gasteiger partial charge in [-0.25, -0.2) is 0 Å². The average molecular weight is 299 g/mol. The second-order valence-electron chi connectivity index (χ2n) is 5.69. The van der Waals surface area contributed by atoms with Gasteiger partial charge in [-0.1, -0.05) is 35.5 Å². The standard InChI is InChI=1S/C17H21N3O2/c21-17(16-8-12-22-19-16)18-9-11-20-10-4-7-15(13-20)14-5-2-1-3-6-14/h1-3,5-6,8,12,15H,4,7,9-11,13H2,(H,18,21). The van der Waals surface area contributed by atoms with E-state index in [1.165, 1.54) is 24.7 Å². The number of carbonyl (C=O) groups excluding carboxylic acids is 1. The van der Waals surface area contributed by atoms with Gasteiger partial charge in [0.05, 0.1) is 0 Å². The van der Waals surface area contributed by atoms with Gasteiger partial charge in [-0.05, 0) is 30.9 Å². The number of piperidine rings is 1. The number of carbonyl (C=O) groups is 1. The number of aromatic nitrogens is 1.